The van der Waals surface area contributed by atoms with Gasteiger partial charge in [-0.1, -0.05) is 19.1 Å². The van der Waals surface area contributed by atoms with E-state index in [1.54, 1.807) is 0 Å². The number of pyridine rings is 2. The van der Waals surface area contributed by atoms with Crippen molar-refractivity contribution in [3.05, 3.63) is 47.3 Å². The van der Waals surface area contributed by atoms with Crippen LogP contribution in [0.25, 0.3) is 0 Å². The predicted molar refractivity (Wildman–Crippen MR) is 95.9 cm³/mol. The van der Waals surface area contributed by atoms with Crippen molar-refractivity contribution >= 4 is 11.6 Å². The van der Waals surface area contributed by atoms with Crippen LogP contribution in [-0.4, -0.2) is 23.1 Å². The van der Waals surface area contributed by atoms with E-state index in [1.165, 1.54) is 12.8 Å². The zero-order chi connectivity index (χ0) is 16.9. The molecular formula is C19H23N5. The second-order valence-electron chi connectivity index (χ2n) is 6.52. The first-order valence-electron chi connectivity index (χ1n) is 8.47. The van der Waals surface area contributed by atoms with E-state index >= 15 is 0 Å². The first kappa shape index (κ1) is 16.3. The molecule has 3 rings (SSSR count). The maximum absolute atomic E-state index is 9.04. The summed E-state index contributed by atoms with van der Waals surface area (Å²) in [4.78, 5) is 11.3. The fourth-order valence-electron chi connectivity index (χ4n) is 2.88. The normalized spacial score (nSPS) is 15.1. The van der Waals surface area contributed by atoms with Crippen LogP contribution in [0.1, 0.15) is 36.6 Å². The molecule has 2 aromatic rings. The Morgan fingerprint density at radius 1 is 1.25 bits per heavy atom. The summed E-state index contributed by atoms with van der Waals surface area (Å²) in [6, 6.07) is 10.1. The highest BCUT2D eigenvalue weighted by molar-refractivity contribution is 5.44. The molecule has 3 heterocycles. The van der Waals surface area contributed by atoms with Crippen molar-refractivity contribution in [3.8, 4) is 6.07 Å². The van der Waals surface area contributed by atoms with Crippen molar-refractivity contribution in [1.82, 2.24) is 9.97 Å². The molecule has 1 fully saturated rings. The fourth-order valence-corrected chi connectivity index (χ4v) is 2.88. The molecule has 0 atom stereocenters. The summed E-state index contributed by atoms with van der Waals surface area (Å²) in [6.45, 7) is 7.03. The maximum Gasteiger partial charge on any atom is 0.145 e. The molecule has 0 unspecified atom stereocenters. The van der Waals surface area contributed by atoms with Gasteiger partial charge in [-0.3, -0.25) is 0 Å². The summed E-state index contributed by atoms with van der Waals surface area (Å²) < 4.78 is 0. The van der Waals surface area contributed by atoms with E-state index in [-0.39, 0.29) is 0 Å². The number of hydrogen-bond donors (Lipinski definition) is 1. The van der Waals surface area contributed by atoms with Crippen LogP contribution in [0, 0.1) is 24.2 Å². The Hall–Kier alpha value is -2.61. The second-order valence-corrected chi connectivity index (χ2v) is 6.52. The third-order valence-electron chi connectivity index (χ3n) is 4.59. The van der Waals surface area contributed by atoms with Gasteiger partial charge in [-0.25, -0.2) is 9.97 Å². The van der Waals surface area contributed by atoms with Gasteiger partial charge < -0.3 is 10.2 Å². The minimum atomic E-state index is 0.466. The first-order valence-corrected chi connectivity index (χ1v) is 8.47. The Bertz CT molecular complexity index is 724. The number of nitrogens with zero attached hydrogens (tertiary/aromatic N) is 4. The van der Waals surface area contributed by atoms with Crippen molar-refractivity contribution in [1.29, 1.82) is 5.26 Å². The lowest BCUT2D eigenvalue weighted by Gasteiger charge is -2.31. The van der Waals surface area contributed by atoms with Crippen molar-refractivity contribution in [2.45, 2.75) is 33.2 Å². The number of nitriles is 1. The number of anilines is 2. The molecule has 24 heavy (non-hydrogen) atoms. The van der Waals surface area contributed by atoms with Crippen molar-refractivity contribution in [2.24, 2.45) is 5.92 Å². The third-order valence-corrected chi connectivity index (χ3v) is 4.59. The Morgan fingerprint density at radius 3 is 2.71 bits per heavy atom. The first-order chi connectivity index (χ1) is 11.7. The molecular weight excluding hydrogens is 298 g/mol. The van der Waals surface area contributed by atoms with Crippen molar-refractivity contribution in [3.63, 3.8) is 0 Å². The molecule has 0 amide bonds. The molecule has 0 aliphatic carbocycles. The number of nitrogens with one attached hydrogen (secondary N) is 1. The van der Waals surface area contributed by atoms with Gasteiger partial charge in [0.1, 0.15) is 23.4 Å². The third kappa shape index (κ3) is 3.83. The zero-order valence-corrected chi connectivity index (χ0v) is 14.3. The van der Waals surface area contributed by atoms with Crippen LogP contribution in [-0.2, 0) is 6.54 Å². The topological polar surface area (TPSA) is 64.8 Å². The molecule has 5 nitrogen and oxygen atoms in total. The quantitative estimate of drug-likeness (QED) is 0.933. The summed E-state index contributed by atoms with van der Waals surface area (Å²) in [6.07, 6.45) is 4.40. The van der Waals surface area contributed by atoms with Crippen LogP contribution in [0.2, 0.25) is 0 Å². The van der Waals surface area contributed by atoms with Gasteiger partial charge in [-0.15, -0.1) is 0 Å². The average molecular weight is 321 g/mol. The van der Waals surface area contributed by atoms with Gasteiger partial charge in [0.2, 0.25) is 0 Å². The van der Waals surface area contributed by atoms with E-state index in [0.717, 1.165) is 36.0 Å². The summed E-state index contributed by atoms with van der Waals surface area (Å²) in [5, 5.41) is 12.3. The Kier molecular flexibility index (Phi) is 4.95. The summed E-state index contributed by atoms with van der Waals surface area (Å²) in [5.41, 5.74) is 2.46. The SMILES string of the molecule is Cc1ccc(NCc2ccc(N3CCC(C)CC3)nc2)nc1C#N. The van der Waals surface area contributed by atoms with E-state index < -0.39 is 0 Å². The molecule has 5 heteroatoms. The predicted octanol–water partition coefficient (Wildman–Crippen LogP) is 3.51. The maximum atomic E-state index is 9.04. The van der Waals surface area contributed by atoms with E-state index in [9.17, 15) is 0 Å². The number of aromatic nitrogens is 2. The molecule has 0 saturated carbocycles. The molecule has 1 saturated heterocycles. The van der Waals surface area contributed by atoms with Crippen LogP contribution in [0.4, 0.5) is 11.6 Å². The number of aryl methyl sites for hydroxylation is 1. The minimum Gasteiger partial charge on any atom is -0.366 e. The van der Waals surface area contributed by atoms with Crippen LogP contribution in [0.15, 0.2) is 30.5 Å². The molecule has 0 bridgehead atoms. The highest BCUT2D eigenvalue weighted by Gasteiger charge is 2.16. The Morgan fingerprint density at radius 2 is 2.04 bits per heavy atom. The van der Waals surface area contributed by atoms with Crippen molar-refractivity contribution in [2.75, 3.05) is 23.3 Å². The lowest BCUT2D eigenvalue weighted by Crippen LogP contribution is -2.33. The standard InChI is InChI=1S/C19H23N5/c1-14-7-9-24(10-8-14)19-6-4-16(13-22-19)12-21-18-5-3-15(2)17(11-20)23-18/h3-6,13-14H,7-10,12H2,1-2H3,(H,21,23). The number of piperidine rings is 1. The summed E-state index contributed by atoms with van der Waals surface area (Å²) >= 11 is 0. The van der Waals surface area contributed by atoms with Crippen molar-refractivity contribution < 1.29 is 0 Å². The molecule has 0 radical (unpaired) electrons. The zero-order valence-electron chi connectivity index (χ0n) is 14.3. The van der Waals surface area contributed by atoms with Gasteiger partial charge >= 0.3 is 0 Å². The van der Waals surface area contributed by atoms with E-state index in [2.05, 4.69) is 45.3 Å². The molecule has 2 aromatic heterocycles. The second kappa shape index (κ2) is 7.31. The molecule has 0 spiro atoms. The van der Waals surface area contributed by atoms with E-state index in [1.807, 2.05) is 25.3 Å². The number of hydrogen-bond acceptors (Lipinski definition) is 5. The van der Waals surface area contributed by atoms with Gasteiger partial charge in [0.15, 0.2) is 0 Å². The van der Waals surface area contributed by atoms with Gasteiger partial charge in [-0.05, 0) is 48.9 Å². The van der Waals surface area contributed by atoms with Gasteiger partial charge in [0, 0.05) is 25.8 Å². The van der Waals surface area contributed by atoms with Crippen LogP contribution >= 0.6 is 0 Å². The smallest absolute Gasteiger partial charge is 0.145 e. The Balaban J connectivity index is 1.59. The average Bonchev–Trinajstić information content (AvgIpc) is 2.62. The number of rotatable bonds is 4. The highest BCUT2D eigenvalue weighted by atomic mass is 15.2. The molecule has 1 N–H and O–H groups in total. The molecule has 124 valence electrons. The van der Waals surface area contributed by atoms with Gasteiger partial charge in [-0.2, -0.15) is 5.26 Å². The van der Waals surface area contributed by atoms with Crippen LogP contribution in [0.5, 0.6) is 0 Å². The molecule has 1 aliphatic rings. The fraction of sp³-hybridized carbons (Fsp3) is 0.421. The molecule has 0 aromatic carbocycles. The van der Waals surface area contributed by atoms with Crippen LogP contribution < -0.4 is 10.2 Å². The summed E-state index contributed by atoms with van der Waals surface area (Å²) in [7, 11) is 0. The van der Waals surface area contributed by atoms with Gasteiger partial charge in [0.25, 0.3) is 0 Å². The lowest BCUT2D eigenvalue weighted by molar-refractivity contribution is 0.436. The summed E-state index contributed by atoms with van der Waals surface area (Å²) in [5.74, 6) is 2.60. The molecule has 1 aliphatic heterocycles. The monoisotopic (exact) mass is 321 g/mol. The van der Waals surface area contributed by atoms with Crippen LogP contribution in [0.3, 0.4) is 0 Å². The Labute approximate surface area is 143 Å². The lowest BCUT2D eigenvalue weighted by atomic mass is 9.99. The van der Waals surface area contributed by atoms with E-state index in [0.29, 0.717) is 18.1 Å². The highest BCUT2D eigenvalue weighted by Crippen LogP contribution is 2.21. The van der Waals surface area contributed by atoms with E-state index in [4.69, 9.17) is 5.26 Å². The minimum absolute atomic E-state index is 0.466. The largest absolute Gasteiger partial charge is 0.366 e. The van der Waals surface area contributed by atoms with Gasteiger partial charge in [0.05, 0.1) is 0 Å².